The third-order valence-corrected chi connectivity index (χ3v) is 6.83. The summed E-state index contributed by atoms with van der Waals surface area (Å²) in [6, 6.07) is 16.6. The zero-order valence-electron chi connectivity index (χ0n) is 19.4. The van der Waals surface area contributed by atoms with Gasteiger partial charge in [-0.15, -0.1) is 11.3 Å². The van der Waals surface area contributed by atoms with Crippen molar-refractivity contribution in [1.82, 2.24) is 15.0 Å². The number of aryl methyl sites for hydroxylation is 2. The maximum Gasteiger partial charge on any atom is 0.241 e. The minimum atomic E-state index is 0.0908. The van der Waals surface area contributed by atoms with E-state index >= 15 is 0 Å². The Kier molecular flexibility index (Phi) is 6.85. The number of thiazole rings is 1. The molecule has 0 N–H and O–H groups in total. The molecule has 0 amide bonds. The van der Waals surface area contributed by atoms with E-state index in [9.17, 15) is 0 Å². The van der Waals surface area contributed by atoms with Gasteiger partial charge >= 0.3 is 0 Å². The van der Waals surface area contributed by atoms with Crippen molar-refractivity contribution in [3.8, 4) is 17.1 Å². The lowest BCUT2D eigenvalue weighted by Crippen LogP contribution is -2.18. The van der Waals surface area contributed by atoms with Crippen molar-refractivity contribution in [1.29, 1.82) is 0 Å². The van der Waals surface area contributed by atoms with Gasteiger partial charge in [-0.2, -0.15) is 0 Å². The Hall–Kier alpha value is -2.79. The summed E-state index contributed by atoms with van der Waals surface area (Å²) >= 11 is 1.78. The summed E-state index contributed by atoms with van der Waals surface area (Å²) in [5.74, 6) is 0.597. The maximum absolute atomic E-state index is 5.85. The normalized spacial score (nSPS) is 11.8. The second-order valence-corrected chi connectivity index (χ2v) is 9.66. The van der Waals surface area contributed by atoms with Crippen LogP contribution in [0.1, 0.15) is 56.8 Å². The first kappa shape index (κ1) is 22.4. The Morgan fingerprint density at radius 3 is 2.44 bits per heavy atom. The van der Waals surface area contributed by atoms with Crippen molar-refractivity contribution < 1.29 is 4.74 Å². The molecule has 2 heterocycles. The molecule has 2 aromatic heterocycles. The SMILES string of the molecule is CCOc1nc2ccccc2nc1-c1cccc(CCCC(C)(C)c2csc(CC)n2)c1. The summed E-state index contributed by atoms with van der Waals surface area (Å²) < 4.78 is 5.85. The molecule has 0 radical (unpaired) electrons. The number of ether oxygens (including phenoxy) is 1. The molecule has 0 aliphatic carbocycles. The van der Waals surface area contributed by atoms with Crippen LogP contribution in [-0.2, 0) is 18.3 Å². The first-order valence-electron chi connectivity index (χ1n) is 11.4. The van der Waals surface area contributed by atoms with Gasteiger partial charge in [-0.3, -0.25) is 0 Å². The molecule has 0 fully saturated rings. The van der Waals surface area contributed by atoms with E-state index in [1.807, 2.05) is 31.2 Å². The lowest BCUT2D eigenvalue weighted by Gasteiger charge is -2.22. The molecule has 4 aromatic rings. The highest BCUT2D eigenvalue weighted by Gasteiger charge is 2.23. The van der Waals surface area contributed by atoms with Crippen molar-refractivity contribution >= 4 is 22.4 Å². The molecule has 0 spiro atoms. The fourth-order valence-electron chi connectivity index (χ4n) is 3.93. The number of hydrogen-bond donors (Lipinski definition) is 0. The fraction of sp³-hybridized carbons (Fsp3) is 0.370. The Bertz CT molecular complexity index is 1200. The molecule has 0 aliphatic heterocycles. The van der Waals surface area contributed by atoms with Crippen LogP contribution in [0.5, 0.6) is 5.88 Å². The molecule has 0 saturated heterocycles. The molecule has 4 rings (SSSR count). The number of hydrogen-bond acceptors (Lipinski definition) is 5. The van der Waals surface area contributed by atoms with Crippen LogP contribution in [-0.4, -0.2) is 21.6 Å². The molecule has 0 aliphatic rings. The van der Waals surface area contributed by atoms with E-state index in [0.29, 0.717) is 12.5 Å². The number of para-hydroxylation sites is 2. The average molecular weight is 446 g/mol. The van der Waals surface area contributed by atoms with Crippen molar-refractivity contribution in [3.05, 3.63) is 70.2 Å². The van der Waals surface area contributed by atoms with Gasteiger partial charge in [-0.1, -0.05) is 51.1 Å². The molecular weight excluding hydrogens is 414 g/mol. The number of fused-ring (bicyclic) bond motifs is 1. The molecule has 0 atom stereocenters. The van der Waals surface area contributed by atoms with Crippen LogP contribution < -0.4 is 4.74 Å². The third-order valence-electron chi connectivity index (χ3n) is 5.83. The van der Waals surface area contributed by atoms with Gasteiger partial charge in [0.15, 0.2) is 0 Å². The second kappa shape index (κ2) is 9.78. The number of aromatic nitrogens is 3. The standard InChI is InChI=1S/C27H31N3OS/c1-5-24-30-23(18-32-24)27(3,4)16-10-12-19-11-9-13-20(17-19)25-26(31-6-2)29-22-15-8-7-14-21(22)28-25/h7-9,11,13-15,17-18H,5-6,10,12,16H2,1-4H3. The van der Waals surface area contributed by atoms with E-state index in [1.165, 1.54) is 16.3 Å². The Morgan fingerprint density at radius 2 is 1.72 bits per heavy atom. The van der Waals surface area contributed by atoms with Gasteiger partial charge in [0.2, 0.25) is 5.88 Å². The number of rotatable bonds is 9. The highest BCUT2D eigenvalue weighted by atomic mass is 32.1. The molecule has 0 saturated carbocycles. The summed E-state index contributed by atoms with van der Waals surface area (Å²) in [7, 11) is 0. The topological polar surface area (TPSA) is 47.9 Å². The van der Waals surface area contributed by atoms with Gasteiger partial charge in [0, 0.05) is 16.4 Å². The van der Waals surface area contributed by atoms with E-state index in [-0.39, 0.29) is 5.41 Å². The van der Waals surface area contributed by atoms with Crippen molar-refractivity contribution in [2.45, 2.75) is 58.8 Å². The van der Waals surface area contributed by atoms with Crippen LogP contribution in [0, 0.1) is 0 Å². The minimum Gasteiger partial charge on any atom is -0.476 e. The largest absolute Gasteiger partial charge is 0.476 e. The molecule has 5 heteroatoms. The van der Waals surface area contributed by atoms with Gasteiger partial charge in [-0.25, -0.2) is 15.0 Å². The van der Waals surface area contributed by atoms with Crippen LogP contribution in [0.25, 0.3) is 22.3 Å². The van der Waals surface area contributed by atoms with Gasteiger partial charge in [0.05, 0.1) is 28.3 Å². The Balaban J connectivity index is 1.52. The predicted octanol–water partition coefficient (Wildman–Crippen LogP) is 7.01. The van der Waals surface area contributed by atoms with Crippen LogP contribution in [0.4, 0.5) is 0 Å². The Labute approximate surface area is 194 Å². The van der Waals surface area contributed by atoms with Gasteiger partial charge in [0.1, 0.15) is 5.69 Å². The summed E-state index contributed by atoms with van der Waals surface area (Å²) in [6.45, 7) is 9.31. The Morgan fingerprint density at radius 1 is 0.938 bits per heavy atom. The van der Waals surface area contributed by atoms with E-state index in [4.69, 9.17) is 19.7 Å². The smallest absolute Gasteiger partial charge is 0.241 e. The molecule has 166 valence electrons. The van der Waals surface area contributed by atoms with Crippen LogP contribution in [0.15, 0.2) is 53.9 Å². The summed E-state index contributed by atoms with van der Waals surface area (Å²) in [5, 5.41) is 3.45. The van der Waals surface area contributed by atoms with Gasteiger partial charge in [0.25, 0.3) is 0 Å². The van der Waals surface area contributed by atoms with Crippen LogP contribution in [0.3, 0.4) is 0 Å². The monoisotopic (exact) mass is 445 g/mol. The summed E-state index contributed by atoms with van der Waals surface area (Å²) in [4.78, 5) is 14.4. The predicted molar refractivity (Wildman–Crippen MR) is 134 cm³/mol. The van der Waals surface area contributed by atoms with Crippen LogP contribution >= 0.6 is 11.3 Å². The lowest BCUT2D eigenvalue weighted by molar-refractivity contribution is 0.328. The zero-order chi connectivity index (χ0) is 22.6. The average Bonchev–Trinajstić information content (AvgIpc) is 3.29. The van der Waals surface area contributed by atoms with Gasteiger partial charge < -0.3 is 4.74 Å². The second-order valence-electron chi connectivity index (χ2n) is 8.72. The molecule has 32 heavy (non-hydrogen) atoms. The summed E-state index contributed by atoms with van der Waals surface area (Å²) in [6.07, 6.45) is 4.24. The van der Waals surface area contributed by atoms with Crippen molar-refractivity contribution in [3.63, 3.8) is 0 Å². The molecular formula is C27H31N3OS. The van der Waals surface area contributed by atoms with E-state index < -0.39 is 0 Å². The maximum atomic E-state index is 5.85. The van der Waals surface area contributed by atoms with Gasteiger partial charge in [-0.05, 0) is 56.4 Å². The fourth-order valence-corrected chi connectivity index (χ4v) is 4.87. The third kappa shape index (κ3) is 4.99. The van der Waals surface area contributed by atoms with Crippen molar-refractivity contribution in [2.75, 3.05) is 6.61 Å². The molecule has 0 bridgehead atoms. The van der Waals surface area contributed by atoms with Crippen molar-refractivity contribution in [2.24, 2.45) is 0 Å². The number of benzene rings is 2. The minimum absolute atomic E-state index is 0.0908. The zero-order valence-corrected chi connectivity index (χ0v) is 20.2. The van der Waals surface area contributed by atoms with Crippen LogP contribution in [0.2, 0.25) is 0 Å². The first-order valence-corrected chi connectivity index (χ1v) is 12.3. The lowest BCUT2D eigenvalue weighted by atomic mass is 9.84. The quantitative estimate of drug-likeness (QED) is 0.278. The molecule has 0 unspecified atom stereocenters. The molecule has 4 nitrogen and oxygen atoms in total. The number of nitrogens with zero attached hydrogens (tertiary/aromatic N) is 3. The first-order chi connectivity index (χ1) is 15.5. The van der Waals surface area contributed by atoms with E-state index in [1.54, 1.807) is 11.3 Å². The molecule has 2 aromatic carbocycles. The summed E-state index contributed by atoms with van der Waals surface area (Å²) in [5.41, 5.74) is 6.22. The highest BCUT2D eigenvalue weighted by Crippen LogP contribution is 2.32. The highest BCUT2D eigenvalue weighted by molar-refractivity contribution is 7.09. The van der Waals surface area contributed by atoms with E-state index in [2.05, 4.69) is 50.4 Å². The van der Waals surface area contributed by atoms with E-state index in [0.717, 1.165) is 48.0 Å².